The smallest absolute Gasteiger partial charge is 0.310 e. The summed E-state index contributed by atoms with van der Waals surface area (Å²) < 4.78 is 0. The van der Waals surface area contributed by atoms with Crippen LogP contribution in [0, 0.1) is 0 Å². The molecule has 0 bridgehead atoms. The Morgan fingerprint density at radius 1 is 1.12 bits per heavy atom. The molecule has 3 rings (SSSR count). The van der Waals surface area contributed by atoms with Crippen LogP contribution in [-0.2, 0) is 4.79 Å². The molecule has 1 fully saturated rings. The molecule has 0 radical (unpaired) electrons. The van der Waals surface area contributed by atoms with Crippen molar-refractivity contribution < 1.29 is 9.90 Å². The molecule has 130 valence electrons. The Balaban J connectivity index is 1.80. The van der Waals surface area contributed by atoms with Crippen molar-refractivity contribution in [1.29, 1.82) is 0 Å². The Bertz CT molecular complexity index is 714. The third-order valence-electron chi connectivity index (χ3n) is 4.43. The van der Waals surface area contributed by atoms with Crippen molar-refractivity contribution in [2.45, 2.75) is 24.9 Å². The minimum Gasteiger partial charge on any atom is -0.481 e. The highest BCUT2D eigenvalue weighted by molar-refractivity contribution is 5.96. The molecule has 3 N–H and O–H groups in total. The fourth-order valence-corrected chi connectivity index (χ4v) is 3.51. The van der Waals surface area contributed by atoms with Gasteiger partial charge in [-0.3, -0.25) is 14.7 Å². The predicted octanol–water partition coefficient (Wildman–Crippen LogP) is 2.68. The number of hydrogen-bond donors (Lipinski definition) is 2. The van der Waals surface area contributed by atoms with Gasteiger partial charge in [0, 0.05) is 13.1 Å². The molecule has 1 aliphatic heterocycles. The van der Waals surface area contributed by atoms with Crippen LogP contribution in [-0.4, -0.2) is 40.4 Å². The Hall–Kier alpha value is -2.66. The van der Waals surface area contributed by atoms with Gasteiger partial charge in [0.25, 0.3) is 0 Å². The van der Waals surface area contributed by atoms with Gasteiger partial charge in [-0.15, -0.1) is 0 Å². The van der Waals surface area contributed by atoms with Crippen molar-refractivity contribution in [3.05, 3.63) is 71.8 Å². The maximum atomic E-state index is 10.8. The van der Waals surface area contributed by atoms with Crippen LogP contribution in [0.25, 0.3) is 0 Å². The number of benzene rings is 2. The van der Waals surface area contributed by atoms with Crippen molar-refractivity contribution in [2.24, 2.45) is 10.7 Å². The first-order chi connectivity index (χ1) is 12.0. The van der Waals surface area contributed by atoms with E-state index < -0.39 is 5.97 Å². The SMILES string of the molecule is CC1(N=C(N)CC(=O)O)CN(C(c2ccccc2)c2ccccc2)C1. The lowest BCUT2D eigenvalue weighted by Gasteiger charge is -2.49. The van der Waals surface area contributed by atoms with Crippen molar-refractivity contribution >= 4 is 11.8 Å². The van der Waals surface area contributed by atoms with E-state index in [9.17, 15) is 4.79 Å². The number of nitrogens with zero attached hydrogens (tertiary/aromatic N) is 2. The molecule has 0 aromatic heterocycles. The molecule has 1 saturated heterocycles. The first-order valence-electron chi connectivity index (χ1n) is 8.37. The fraction of sp³-hybridized carbons (Fsp3) is 0.300. The number of nitrogens with two attached hydrogens (primary N) is 1. The first kappa shape index (κ1) is 17.2. The van der Waals surface area contributed by atoms with E-state index >= 15 is 0 Å². The third-order valence-corrected chi connectivity index (χ3v) is 4.43. The van der Waals surface area contributed by atoms with Crippen LogP contribution >= 0.6 is 0 Å². The van der Waals surface area contributed by atoms with Gasteiger partial charge in [-0.05, 0) is 18.1 Å². The molecular weight excluding hydrogens is 314 g/mol. The lowest BCUT2D eigenvalue weighted by Crippen LogP contribution is -2.60. The Morgan fingerprint density at radius 3 is 2.04 bits per heavy atom. The van der Waals surface area contributed by atoms with Crippen molar-refractivity contribution in [3.63, 3.8) is 0 Å². The number of likely N-dealkylation sites (tertiary alicyclic amines) is 1. The number of aliphatic imine (C=N–C) groups is 1. The molecule has 0 aliphatic carbocycles. The van der Waals surface area contributed by atoms with E-state index in [0.29, 0.717) is 0 Å². The predicted molar refractivity (Wildman–Crippen MR) is 98.6 cm³/mol. The second-order valence-electron chi connectivity index (χ2n) is 6.80. The summed E-state index contributed by atoms with van der Waals surface area (Å²) in [6.07, 6.45) is -0.212. The van der Waals surface area contributed by atoms with E-state index in [1.807, 2.05) is 43.3 Å². The standard InChI is InChI=1S/C20H23N3O2/c1-20(22-17(21)12-18(24)25)13-23(14-20)19(15-8-4-2-5-9-15)16-10-6-3-7-11-16/h2-11,19H,12-14H2,1H3,(H2,21,22)(H,24,25). The number of carboxylic acid groups (broad SMARTS) is 1. The van der Waals surface area contributed by atoms with Crippen LogP contribution in [0.5, 0.6) is 0 Å². The molecule has 1 aliphatic rings. The fourth-order valence-electron chi connectivity index (χ4n) is 3.51. The van der Waals surface area contributed by atoms with Crippen LogP contribution in [0.3, 0.4) is 0 Å². The average Bonchev–Trinajstić information content (AvgIpc) is 2.55. The second kappa shape index (κ2) is 7.07. The molecule has 25 heavy (non-hydrogen) atoms. The van der Waals surface area contributed by atoms with Crippen LogP contribution in [0.1, 0.15) is 30.5 Å². The maximum absolute atomic E-state index is 10.8. The van der Waals surface area contributed by atoms with E-state index in [-0.39, 0.29) is 23.8 Å². The van der Waals surface area contributed by atoms with E-state index in [2.05, 4.69) is 34.2 Å². The third kappa shape index (κ3) is 4.06. The molecular formula is C20H23N3O2. The van der Waals surface area contributed by atoms with Gasteiger partial charge in [0.05, 0.1) is 11.6 Å². The van der Waals surface area contributed by atoms with Crippen LogP contribution < -0.4 is 5.73 Å². The largest absolute Gasteiger partial charge is 0.481 e. The molecule has 0 atom stereocenters. The zero-order chi connectivity index (χ0) is 17.9. The summed E-state index contributed by atoms with van der Waals surface area (Å²) in [6.45, 7) is 3.49. The number of carbonyl (C=O) groups is 1. The molecule has 5 heteroatoms. The second-order valence-corrected chi connectivity index (χ2v) is 6.80. The summed E-state index contributed by atoms with van der Waals surface area (Å²) in [5, 5.41) is 8.84. The highest BCUT2D eigenvalue weighted by Gasteiger charge is 2.42. The molecule has 0 spiro atoms. The van der Waals surface area contributed by atoms with Gasteiger partial charge < -0.3 is 10.8 Å². The summed E-state index contributed by atoms with van der Waals surface area (Å²) in [5.41, 5.74) is 7.90. The van der Waals surface area contributed by atoms with Gasteiger partial charge in [-0.1, -0.05) is 60.7 Å². The van der Waals surface area contributed by atoms with E-state index in [1.54, 1.807) is 0 Å². The highest BCUT2D eigenvalue weighted by atomic mass is 16.4. The lowest BCUT2D eigenvalue weighted by molar-refractivity contribution is -0.135. The van der Waals surface area contributed by atoms with Gasteiger partial charge in [0.15, 0.2) is 0 Å². The normalized spacial score (nSPS) is 17.3. The molecule has 5 nitrogen and oxygen atoms in total. The van der Waals surface area contributed by atoms with Gasteiger partial charge in [0.1, 0.15) is 12.3 Å². The Morgan fingerprint density at radius 2 is 1.60 bits per heavy atom. The quantitative estimate of drug-likeness (QED) is 0.627. The van der Waals surface area contributed by atoms with E-state index in [1.165, 1.54) is 11.1 Å². The zero-order valence-corrected chi connectivity index (χ0v) is 14.3. The zero-order valence-electron chi connectivity index (χ0n) is 14.3. The van der Waals surface area contributed by atoms with Crippen LogP contribution in [0.4, 0.5) is 0 Å². The molecule has 1 heterocycles. The summed E-state index contributed by atoms with van der Waals surface area (Å²) in [4.78, 5) is 17.6. The number of carboxylic acids is 1. The van der Waals surface area contributed by atoms with Gasteiger partial charge in [-0.2, -0.15) is 0 Å². The van der Waals surface area contributed by atoms with Crippen molar-refractivity contribution in [1.82, 2.24) is 4.90 Å². The van der Waals surface area contributed by atoms with Gasteiger partial charge >= 0.3 is 5.97 Å². The average molecular weight is 337 g/mol. The summed E-state index contributed by atoms with van der Waals surface area (Å²) in [7, 11) is 0. The summed E-state index contributed by atoms with van der Waals surface area (Å²) >= 11 is 0. The first-order valence-corrected chi connectivity index (χ1v) is 8.37. The minimum atomic E-state index is -0.951. The maximum Gasteiger partial charge on any atom is 0.310 e. The molecule has 2 aromatic rings. The van der Waals surface area contributed by atoms with Crippen LogP contribution in [0.15, 0.2) is 65.7 Å². The summed E-state index contributed by atoms with van der Waals surface area (Å²) in [5.74, 6) is -0.766. The van der Waals surface area contributed by atoms with Gasteiger partial charge in [-0.25, -0.2) is 0 Å². The monoisotopic (exact) mass is 337 g/mol. The summed E-state index contributed by atoms with van der Waals surface area (Å²) in [6, 6.07) is 20.9. The number of aliphatic carboxylic acids is 1. The Kier molecular flexibility index (Phi) is 4.86. The lowest BCUT2D eigenvalue weighted by atomic mass is 9.86. The number of amidine groups is 1. The van der Waals surface area contributed by atoms with Crippen molar-refractivity contribution in [3.8, 4) is 0 Å². The topological polar surface area (TPSA) is 78.9 Å². The number of hydrogen-bond acceptors (Lipinski definition) is 3. The van der Waals surface area contributed by atoms with Crippen molar-refractivity contribution in [2.75, 3.05) is 13.1 Å². The molecule has 2 aromatic carbocycles. The van der Waals surface area contributed by atoms with Crippen LogP contribution in [0.2, 0.25) is 0 Å². The molecule has 0 saturated carbocycles. The molecule has 0 unspecified atom stereocenters. The van der Waals surface area contributed by atoms with Gasteiger partial charge in [0.2, 0.25) is 0 Å². The number of rotatable bonds is 6. The Labute approximate surface area is 147 Å². The highest BCUT2D eigenvalue weighted by Crippen LogP contribution is 2.37. The van der Waals surface area contributed by atoms with E-state index in [4.69, 9.17) is 10.8 Å². The molecule has 0 amide bonds. The minimum absolute atomic E-state index is 0.159. The van der Waals surface area contributed by atoms with E-state index in [0.717, 1.165) is 13.1 Å².